The van der Waals surface area contributed by atoms with E-state index < -0.39 is 5.97 Å². The van der Waals surface area contributed by atoms with Crippen LogP contribution in [-0.2, 0) is 4.79 Å². The molecule has 1 atom stereocenters. The van der Waals surface area contributed by atoms with Crippen LogP contribution in [0.15, 0.2) is 0 Å². The Bertz CT molecular complexity index is 356. The van der Waals surface area contributed by atoms with Crippen LogP contribution in [0.2, 0.25) is 0 Å². The molecule has 0 aromatic carbocycles. The van der Waals surface area contributed by atoms with E-state index in [1.807, 2.05) is 0 Å². The SMILES string of the molecule is CCCCCCCCCCCN(CCCCCCCCCCC)C(C)CCCC(=O)[O-].[Li+]. The van der Waals surface area contributed by atoms with Gasteiger partial charge in [0.2, 0.25) is 0 Å². The van der Waals surface area contributed by atoms with Crippen molar-refractivity contribution >= 4 is 5.97 Å². The zero-order chi connectivity index (χ0) is 23.0. The predicted octanol–water partition coefficient (Wildman–Crippen LogP) is 4.66. The third-order valence-corrected chi connectivity index (χ3v) is 6.72. The van der Waals surface area contributed by atoms with Crippen molar-refractivity contribution in [2.24, 2.45) is 0 Å². The minimum absolute atomic E-state index is 0. The first-order valence-corrected chi connectivity index (χ1v) is 14.1. The van der Waals surface area contributed by atoms with Gasteiger partial charge in [0.25, 0.3) is 0 Å². The van der Waals surface area contributed by atoms with Crippen LogP contribution in [-0.4, -0.2) is 30.0 Å². The summed E-state index contributed by atoms with van der Waals surface area (Å²) in [6, 6.07) is 0.488. The Labute approximate surface area is 214 Å². The second kappa shape index (κ2) is 27.3. The monoisotopic (exact) mass is 445 g/mol. The summed E-state index contributed by atoms with van der Waals surface area (Å²) in [5, 5.41) is 10.7. The Morgan fingerprint density at radius 2 is 0.969 bits per heavy atom. The van der Waals surface area contributed by atoms with Crippen molar-refractivity contribution in [1.29, 1.82) is 0 Å². The fourth-order valence-corrected chi connectivity index (χ4v) is 4.53. The van der Waals surface area contributed by atoms with Gasteiger partial charge in [0.1, 0.15) is 0 Å². The quantitative estimate of drug-likeness (QED) is 0.152. The molecule has 3 nitrogen and oxygen atoms in total. The Morgan fingerprint density at radius 3 is 1.31 bits per heavy atom. The van der Waals surface area contributed by atoms with Crippen molar-refractivity contribution in [3.63, 3.8) is 0 Å². The normalized spacial score (nSPS) is 12.1. The van der Waals surface area contributed by atoms with Gasteiger partial charge in [-0.05, 0) is 52.1 Å². The standard InChI is InChI=1S/C28H57NO2.Li/c1-4-6-8-10-12-14-16-18-20-25-29(27(3)23-22-24-28(30)31)26-21-19-17-15-13-11-9-7-5-2;/h27H,4-26H2,1-3H3,(H,30,31);/q;+1/p-1. The molecule has 0 aliphatic heterocycles. The molecule has 0 spiro atoms. The average molecular weight is 446 g/mol. The van der Waals surface area contributed by atoms with Gasteiger partial charge in [-0.25, -0.2) is 0 Å². The molecule has 0 saturated heterocycles. The maximum Gasteiger partial charge on any atom is 1.00 e. The van der Waals surface area contributed by atoms with Gasteiger partial charge in [-0.2, -0.15) is 0 Å². The van der Waals surface area contributed by atoms with Crippen molar-refractivity contribution < 1.29 is 28.8 Å². The fourth-order valence-electron chi connectivity index (χ4n) is 4.53. The molecular weight excluding hydrogens is 389 g/mol. The predicted molar refractivity (Wildman–Crippen MR) is 134 cm³/mol. The molecule has 1 unspecified atom stereocenters. The fraction of sp³-hybridized carbons (Fsp3) is 0.964. The van der Waals surface area contributed by atoms with Crippen LogP contribution < -0.4 is 24.0 Å². The van der Waals surface area contributed by atoms with Crippen LogP contribution in [0.5, 0.6) is 0 Å². The number of unbranched alkanes of at least 4 members (excludes halogenated alkanes) is 16. The summed E-state index contributed by atoms with van der Waals surface area (Å²) in [5.74, 6) is -0.906. The second-order valence-corrected chi connectivity index (χ2v) is 9.81. The summed E-state index contributed by atoms with van der Waals surface area (Å²) in [6.45, 7) is 9.20. The number of aliphatic carboxylic acids is 1. The van der Waals surface area contributed by atoms with E-state index in [-0.39, 0.29) is 25.3 Å². The van der Waals surface area contributed by atoms with Crippen LogP contribution in [0.4, 0.5) is 0 Å². The van der Waals surface area contributed by atoms with Crippen molar-refractivity contribution in [2.75, 3.05) is 13.1 Å². The van der Waals surface area contributed by atoms with E-state index in [9.17, 15) is 9.90 Å². The minimum atomic E-state index is -0.906. The van der Waals surface area contributed by atoms with E-state index in [4.69, 9.17) is 0 Å². The Kier molecular flexibility index (Phi) is 29.1. The van der Waals surface area contributed by atoms with Gasteiger partial charge in [-0.15, -0.1) is 0 Å². The van der Waals surface area contributed by atoms with E-state index in [0.29, 0.717) is 6.04 Å². The minimum Gasteiger partial charge on any atom is -0.550 e. The van der Waals surface area contributed by atoms with Gasteiger partial charge >= 0.3 is 18.9 Å². The number of rotatable bonds is 25. The van der Waals surface area contributed by atoms with E-state index >= 15 is 0 Å². The smallest absolute Gasteiger partial charge is 0.550 e. The van der Waals surface area contributed by atoms with E-state index in [1.165, 1.54) is 129 Å². The van der Waals surface area contributed by atoms with Gasteiger partial charge in [0, 0.05) is 12.0 Å². The molecule has 4 heteroatoms. The van der Waals surface area contributed by atoms with Crippen molar-refractivity contribution in [2.45, 2.75) is 162 Å². The molecule has 0 N–H and O–H groups in total. The summed E-state index contributed by atoms with van der Waals surface area (Å²) in [4.78, 5) is 13.4. The number of nitrogens with zero attached hydrogens (tertiary/aromatic N) is 1. The zero-order valence-corrected chi connectivity index (χ0v) is 22.6. The van der Waals surface area contributed by atoms with E-state index in [2.05, 4.69) is 25.7 Å². The molecule has 0 aliphatic carbocycles. The maximum atomic E-state index is 10.7. The molecule has 0 fully saturated rings. The van der Waals surface area contributed by atoms with Gasteiger partial charge in [-0.3, -0.25) is 0 Å². The third kappa shape index (κ3) is 24.7. The molecule has 0 amide bonds. The molecule has 0 aromatic heterocycles. The Hall–Kier alpha value is 0.0274. The second-order valence-electron chi connectivity index (χ2n) is 9.81. The number of hydrogen-bond donors (Lipinski definition) is 0. The van der Waals surface area contributed by atoms with Crippen LogP contribution in [0.25, 0.3) is 0 Å². The molecule has 0 heterocycles. The molecule has 186 valence electrons. The van der Waals surface area contributed by atoms with Crippen molar-refractivity contribution in [1.82, 2.24) is 4.90 Å². The van der Waals surface area contributed by atoms with E-state index in [1.54, 1.807) is 0 Å². The largest absolute Gasteiger partial charge is 1.00 e. The van der Waals surface area contributed by atoms with Crippen LogP contribution in [0, 0.1) is 0 Å². The van der Waals surface area contributed by atoms with Gasteiger partial charge in [-0.1, -0.05) is 117 Å². The molecule has 32 heavy (non-hydrogen) atoms. The first kappa shape index (κ1) is 34.2. The summed E-state index contributed by atoms with van der Waals surface area (Å²) < 4.78 is 0. The summed E-state index contributed by atoms with van der Waals surface area (Å²) in [5.41, 5.74) is 0. The van der Waals surface area contributed by atoms with Gasteiger partial charge in [0.05, 0.1) is 0 Å². The molecule has 0 radical (unpaired) electrons. The number of hydrogen-bond acceptors (Lipinski definition) is 3. The van der Waals surface area contributed by atoms with Gasteiger partial charge < -0.3 is 14.8 Å². The topological polar surface area (TPSA) is 43.4 Å². The summed E-state index contributed by atoms with van der Waals surface area (Å²) in [7, 11) is 0. The van der Waals surface area contributed by atoms with Gasteiger partial charge in [0.15, 0.2) is 0 Å². The molecule has 0 saturated carbocycles. The molecule has 0 aromatic rings. The number of carbonyl (C=O) groups is 1. The van der Waals surface area contributed by atoms with Crippen LogP contribution in [0.1, 0.15) is 156 Å². The van der Waals surface area contributed by atoms with Crippen LogP contribution >= 0.6 is 0 Å². The summed E-state index contributed by atoms with van der Waals surface area (Å²) in [6.07, 6.45) is 26.6. The number of carbonyl (C=O) groups excluding carboxylic acids is 1. The summed E-state index contributed by atoms with van der Waals surface area (Å²) >= 11 is 0. The first-order valence-electron chi connectivity index (χ1n) is 14.1. The molecule has 0 rings (SSSR count). The first-order chi connectivity index (χ1) is 15.1. The molecular formula is C28H56LiNO2. The van der Waals surface area contributed by atoms with E-state index in [0.717, 1.165) is 12.8 Å². The number of carboxylic acid groups (broad SMARTS) is 1. The Balaban J connectivity index is 0. The molecule has 0 aliphatic rings. The number of carboxylic acids is 1. The van der Waals surface area contributed by atoms with Crippen molar-refractivity contribution in [3.8, 4) is 0 Å². The zero-order valence-electron chi connectivity index (χ0n) is 22.6. The maximum absolute atomic E-state index is 10.7. The molecule has 0 bridgehead atoms. The Morgan fingerprint density at radius 1 is 0.625 bits per heavy atom. The van der Waals surface area contributed by atoms with Crippen molar-refractivity contribution in [3.05, 3.63) is 0 Å². The third-order valence-electron chi connectivity index (χ3n) is 6.72. The van der Waals surface area contributed by atoms with Crippen LogP contribution in [0.3, 0.4) is 0 Å². The average Bonchev–Trinajstić information content (AvgIpc) is 2.75.